The van der Waals surface area contributed by atoms with Gasteiger partial charge in [0, 0.05) is 6.42 Å². The molecule has 0 radical (unpaired) electrons. The molecule has 1 aromatic rings. The Bertz CT molecular complexity index is 527. The van der Waals surface area contributed by atoms with Crippen LogP contribution in [0.2, 0.25) is 0 Å². The van der Waals surface area contributed by atoms with Gasteiger partial charge in [-0.05, 0) is 12.1 Å². The zero-order valence-electron chi connectivity index (χ0n) is 9.88. The van der Waals surface area contributed by atoms with E-state index in [1.54, 1.807) is 0 Å². The fraction of sp³-hybridized carbons (Fsp3) is 0.273. The molecule has 0 atom stereocenters. The molecule has 0 heterocycles. The average Bonchev–Trinajstić information content (AvgIpc) is 2.25. The Morgan fingerprint density at radius 3 is 2.32 bits per heavy atom. The maximum atomic E-state index is 12.2. The number of Topliss-reactive ketones (excluding diaryl/α,β-unsaturated/α-hetero) is 1. The quantitative estimate of drug-likeness (QED) is 0.648. The van der Waals surface area contributed by atoms with E-state index in [0.717, 1.165) is 12.1 Å². The van der Waals surface area contributed by atoms with Gasteiger partial charge in [0.2, 0.25) is 0 Å². The summed E-state index contributed by atoms with van der Waals surface area (Å²) in [6, 6.07) is 1.82. The van der Waals surface area contributed by atoms with Crippen LogP contribution in [0.1, 0.15) is 34.1 Å². The van der Waals surface area contributed by atoms with E-state index in [4.69, 9.17) is 11.5 Å². The summed E-state index contributed by atoms with van der Waals surface area (Å²) in [6.07, 6.45) is -5.07. The summed E-state index contributed by atoms with van der Waals surface area (Å²) in [5.41, 5.74) is 9.38. The van der Waals surface area contributed by atoms with Crippen LogP contribution in [-0.2, 0) is 0 Å². The number of ether oxygens (including phenoxy) is 1. The Morgan fingerprint density at radius 1 is 1.32 bits per heavy atom. The smallest absolute Gasteiger partial charge is 0.405 e. The Labute approximate surface area is 106 Å². The van der Waals surface area contributed by atoms with E-state index in [9.17, 15) is 22.8 Å². The lowest BCUT2D eigenvalue weighted by Gasteiger charge is -2.15. The minimum absolute atomic E-state index is 0.0966. The first-order valence-corrected chi connectivity index (χ1v) is 5.18. The number of hydrogen-bond acceptors (Lipinski definition) is 4. The standard InChI is InChI=1S/C11H11F3N2O3/c1-2-6(17)8-7(19-11(12,13)14)4-3-5(9(8)15)10(16)18/h3-4H,2,15H2,1H3,(H2,16,18). The van der Waals surface area contributed by atoms with Gasteiger partial charge in [0.15, 0.2) is 5.78 Å². The fourth-order valence-corrected chi connectivity index (χ4v) is 1.49. The lowest BCUT2D eigenvalue weighted by molar-refractivity contribution is -0.274. The van der Waals surface area contributed by atoms with Crippen LogP contribution in [-0.4, -0.2) is 18.1 Å². The summed E-state index contributed by atoms with van der Waals surface area (Å²) in [5, 5.41) is 0. The molecule has 0 aromatic heterocycles. The van der Waals surface area contributed by atoms with E-state index in [1.165, 1.54) is 6.92 Å². The molecular formula is C11H11F3N2O3. The van der Waals surface area contributed by atoms with Crippen LogP contribution in [0.15, 0.2) is 12.1 Å². The van der Waals surface area contributed by atoms with Crippen LogP contribution in [0.5, 0.6) is 5.75 Å². The van der Waals surface area contributed by atoms with Crippen molar-refractivity contribution in [1.29, 1.82) is 0 Å². The second-order valence-electron chi connectivity index (χ2n) is 3.59. The number of nitrogens with two attached hydrogens (primary N) is 2. The first kappa shape index (κ1) is 14.8. The minimum atomic E-state index is -4.97. The van der Waals surface area contributed by atoms with Crippen molar-refractivity contribution in [2.45, 2.75) is 19.7 Å². The van der Waals surface area contributed by atoms with Crippen LogP contribution >= 0.6 is 0 Å². The summed E-state index contributed by atoms with van der Waals surface area (Å²) < 4.78 is 40.4. The van der Waals surface area contributed by atoms with E-state index in [-0.39, 0.29) is 12.0 Å². The molecule has 0 aliphatic heterocycles. The number of primary amides is 1. The molecule has 0 saturated heterocycles. The third-order valence-corrected chi connectivity index (χ3v) is 2.30. The monoisotopic (exact) mass is 276 g/mol. The van der Waals surface area contributed by atoms with Gasteiger partial charge in [-0.15, -0.1) is 13.2 Å². The summed E-state index contributed by atoms with van der Waals surface area (Å²) in [5.74, 6) is -2.37. The van der Waals surface area contributed by atoms with Crippen molar-refractivity contribution in [2.75, 3.05) is 5.73 Å². The molecule has 8 heteroatoms. The lowest BCUT2D eigenvalue weighted by Crippen LogP contribution is -2.21. The van der Waals surface area contributed by atoms with Crippen molar-refractivity contribution < 1.29 is 27.5 Å². The topological polar surface area (TPSA) is 95.4 Å². The van der Waals surface area contributed by atoms with Crippen LogP contribution in [0.4, 0.5) is 18.9 Å². The number of hydrogen-bond donors (Lipinski definition) is 2. The second-order valence-corrected chi connectivity index (χ2v) is 3.59. The van der Waals surface area contributed by atoms with Gasteiger partial charge in [-0.2, -0.15) is 0 Å². The van der Waals surface area contributed by atoms with Gasteiger partial charge in [0.05, 0.1) is 16.8 Å². The highest BCUT2D eigenvalue weighted by Crippen LogP contribution is 2.33. The molecule has 5 nitrogen and oxygen atoms in total. The molecule has 0 aliphatic carbocycles. The third-order valence-electron chi connectivity index (χ3n) is 2.30. The molecule has 104 valence electrons. The van der Waals surface area contributed by atoms with E-state index < -0.39 is 35.1 Å². The number of halogens is 3. The van der Waals surface area contributed by atoms with Gasteiger partial charge in [0.25, 0.3) is 5.91 Å². The van der Waals surface area contributed by atoms with Crippen molar-refractivity contribution in [2.24, 2.45) is 5.73 Å². The van der Waals surface area contributed by atoms with Crippen LogP contribution < -0.4 is 16.2 Å². The lowest BCUT2D eigenvalue weighted by atomic mass is 10.0. The van der Waals surface area contributed by atoms with Crippen molar-refractivity contribution in [3.05, 3.63) is 23.3 Å². The number of ketones is 1. The summed E-state index contributed by atoms with van der Waals surface area (Å²) in [7, 11) is 0. The van der Waals surface area contributed by atoms with Gasteiger partial charge in [0.1, 0.15) is 5.75 Å². The molecule has 0 aliphatic rings. The Morgan fingerprint density at radius 2 is 1.89 bits per heavy atom. The Kier molecular flexibility index (Phi) is 4.03. The van der Waals surface area contributed by atoms with Gasteiger partial charge >= 0.3 is 6.36 Å². The van der Waals surface area contributed by atoms with E-state index in [2.05, 4.69) is 4.74 Å². The van der Waals surface area contributed by atoms with Crippen molar-refractivity contribution >= 4 is 17.4 Å². The minimum Gasteiger partial charge on any atom is -0.405 e. The number of rotatable bonds is 4. The van der Waals surface area contributed by atoms with Crippen molar-refractivity contribution in [3.8, 4) is 5.75 Å². The Balaban J connectivity index is 3.44. The summed E-state index contributed by atoms with van der Waals surface area (Å²) in [4.78, 5) is 22.7. The second kappa shape index (κ2) is 5.17. The van der Waals surface area contributed by atoms with Gasteiger partial charge < -0.3 is 16.2 Å². The molecule has 1 amide bonds. The molecule has 0 unspecified atom stereocenters. The first-order valence-electron chi connectivity index (χ1n) is 5.18. The number of benzene rings is 1. The van der Waals surface area contributed by atoms with E-state index in [1.807, 2.05) is 0 Å². The van der Waals surface area contributed by atoms with Crippen LogP contribution in [0.3, 0.4) is 0 Å². The van der Waals surface area contributed by atoms with Gasteiger partial charge in [-0.1, -0.05) is 6.92 Å². The summed E-state index contributed by atoms with van der Waals surface area (Å²) in [6.45, 7) is 1.44. The molecule has 4 N–H and O–H groups in total. The largest absolute Gasteiger partial charge is 0.573 e. The zero-order valence-corrected chi connectivity index (χ0v) is 9.88. The van der Waals surface area contributed by atoms with Crippen LogP contribution in [0.25, 0.3) is 0 Å². The average molecular weight is 276 g/mol. The molecule has 0 spiro atoms. The van der Waals surface area contributed by atoms with Crippen molar-refractivity contribution in [1.82, 2.24) is 0 Å². The van der Waals surface area contributed by atoms with Crippen molar-refractivity contribution in [3.63, 3.8) is 0 Å². The molecule has 0 fully saturated rings. The Hall–Kier alpha value is -2.25. The maximum absolute atomic E-state index is 12.2. The molecular weight excluding hydrogens is 265 g/mol. The first-order chi connectivity index (χ1) is 8.67. The SMILES string of the molecule is CCC(=O)c1c(OC(F)(F)F)ccc(C(N)=O)c1N. The zero-order chi connectivity index (χ0) is 14.8. The number of alkyl halides is 3. The normalized spacial score (nSPS) is 11.2. The third kappa shape index (κ3) is 3.36. The summed E-state index contributed by atoms with van der Waals surface area (Å²) >= 11 is 0. The predicted molar refractivity (Wildman–Crippen MR) is 60.7 cm³/mol. The highest BCUT2D eigenvalue weighted by atomic mass is 19.4. The molecule has 0 bridgehead atoms. The molecule has 1 rings (SSSR count). The van der Waals surface area contributed by atoms with E-state index in [0.29, 0.717) is 0 Å². The number of anilines is 1. The van der Waals surface area contributed by atoms with Gasteiger partial charge in [-0.25, -0.2) is 0 Å². The molecule has 19 heavy (non-hydrogen) atoms. The number of amides is 1. The van der Waals surface area contributed by atoms with E-state index >= 15 is 0 Å². The predicted octanol–water partition coefficient (Wildman–Crippen LogP) is 1.86. The number of nitrogen functional groups attached to an aromatic ring is 1. The highest BCUT2D eigenvalue weighted by molar-refractivity contribution is 6.09. The maximum Gasteiger partial charge on any atom is 0.573 e. The number of carbonyl (C=O) groups is 2. The fourth-order valence-electron chi connectivity index (χ4n) is 1.49. The molecule has 1 aromatic carbocycles. The molecule has 0 saturated carbocycles. The highest BCUT2D eigenvalue weighted by Gasteiger charge is 2.34. The van der Waals surface area contributed by atoms with Gasteiger partial charge in [-0.3, -0.25) is 9.59 Å². The van der Waals surface area contributed by atoms with Crippen LogP contribution in [0, 0.1) is 0 Å². The number of carbonyl (C=O) groups excluding carboxylic acids is 2.